The van der Waals surface area contributed by atoms with E-state index in [4.69, 9.17) is 14.3 Å². The predicted molar refractivity (Wildman–Crippen MR) is 135 cm³/mol. The SMILES string of the molecule is CC(C)COc1ccc(CC(=O)O)cc1-c1ccc(F)c2c1CN(OC(=O)OCc1ccccc1)CC2. The minimum atomic E-state index is -0.948. The van der Waals surface area contributed by atoms with E-state index in [-0.39, 0.29) is 31.3 Å². The lowest BCUT2D eigenvalue weighted by molar-refractivity contribution is -0.139. The zero-order chi connectivity index (χ0) is 26.4. The van der Waals surface area contributed by atoms with Gasteiger partial charge in [0.15, 0.2) is 0 Å². The highest BCUT2D eigenvalue weighted by atomic mass is 19.1. The smallest absolute Gasteiger partial charge is 0.493 e. The Kier molecular flexibility index (Phi) is 8.40. The molecule has 0 unspecified atom stereocenters. The van der Waals surface area contributed by atoms with Crippen molar-refractivity contribution >= 4 is 12.1 Å². The maximum absolute atomic E-state index is 14.8. The highest BCUT2D eigenvalue weighted by Crippen LogP contribution is 2.38. The van der Waals surface area contributed by atoms with Crippen LogP contribution in [0.25, 0.3) is 11.1 Å². The van der Waals surface area contributed by atoms with Crippen LogP contribution >= 0.6 is 0 Å². The summed E-state index contributed by atoms with van der Waals surface area (Å²) in [6.45, 7) is 5.07. The van der Waals surface area contributed by atoms with Crippen LogP contribution in [0.3, 0.4) is 0 Å². The third kappa shape index (κ3) is 6.86. The standard InChI is InChI=1S/C29H30FNO6/c1-19(2)17-35-27-11-8-21(15-28(32)33)14-24(27)22-9-10-26(30)23-12-13-31(16-25(22)23)37-29(34)36-18-20-6-4-3-5-7-20/h3-11,14,19H,12-13,15-18H2,1-2H3,(H,32,33). The number of hydroxylamine groups is 2. The number of nitrogens with zero attached hydrogens (tertiary/aromatic N) is 1. The molecule has 194 valence electrons. The first kappa shape index (κ1) is 26.2. The van der Waals surface area contributed by atoms with Gasteiger partial charge in [-0.05, 0) is 58.4 Å². The number of carbonyl (C=O) groups is 2. The summed E-state index contributed by atoms with van der Waals surface area (Å²) >= 11 is 0. The number of benzene rings is 3. The minimum Gasteiger partial charge on any atom is -0.493 e. The van der Waals surface area contributed by atoms with Crippen molar-refractivity contribution in [3.05, 3.63) is 88.7 Å². The van der Waals surface area contributed by atoms with Gasteiger partial charge in [-0.25, -0.2) is 9.18 Å². The molecule has 0 aliphatic carbocycles. The second kappa shape index (κ2) is 11.9. The molecular weight excluding hydrogens is 477 g/mol. The van der Waals surface area contributed by atoms with E-state index < -0.39 is 12.1 Å². The molecule has 0 radical (unpaired) electrons. The average Bonchev–Trinajstić information content (AvgIpc) is 2.87. The van der Waals surface area contributed by atoms with Crippen molar-refractivity contribution < 1.29 is 33.4 Å². The van der Waals surface area contributed by atoms with Crippen LogP contribution in [0.15, 0.2) is 60.7 Å². The van der Waals surface area contributed by atoms with Crippen LogP contribution < -0.4 is 4.74 Å². The zero-order valence-corrected chi connectivity index (χ0v) is 20.9. The average molecular weight is 508 g/mol. The molecule has 0 atom stereocenters. The van der Waals surface area contributed by atoms with Crippen LogP contribution in [-0.2, 0) is 40.4 Å². The molecule has 0 saturated heterocycles. The van der Waals surface area contributed by atoms with E-state index in [2.05, 4.69) is 0 Å². The number of carboxylic acids is 1. The van der Waals surface area contributed by atoms with Crippen molar-refractivity contribution in [1.29, 1.82) is 0 Å². The number of hydrogen-bond donors (Lipinski definition) is 1. The number of carboxylic acid groups (broad SMARTS) is 1. The van der Waals surface area contributed by atoms with E-state index in [1.807, 2.05) is 44.2 Å². The molecule has 1 aliphatic rings. The maximum Gasteiger partial charge on any atom is 0.528 e. The lowest BCUT2D eigenvalue weighted by Gasteiger charge is -2.29. The van der Waals surface area contributed by atoms with E-state index >= 15 is 0 Å². The Balaban J connectivity index is 1.59. The molecule has 4 rings (SSSR count). The minimum absolute atomic E-state index is 0.0803. The second-order valence-electron chi connectivity index (χ2n) is 9.39. The third-order valence-corrected chi connectivity index (χ3v) is 5.98. The molecule has 0 spiro atoms. The quantitative estimate of drug-likeness (QED) is 0.368. The topological polar surface area (TPSA) is 85.3 Å². The van der Waals surface area contributed by atoms with Crippen molar-refractivity contribution in [3.8, 4) is 16.9 Å². The molecule has 0 amide bonds. The van der Waals surface area contributed by atoms with Crippen LogP contribution in [0.1, 0.15) is 36.1 Å². The summed E-state index contributed by atoms with van der Waals surface area (Å²) in [4.78, 5) is 29.1. The molecular formula is C29H30FNO6. The normalized spacial score (nSPS) is 13.2. The van der Waals surface area contributed by atoms with Crippen LogP contribution in [0.2, 0.25) is 0 Å². The molecule has 1 N–H and O–H groups in total. The lowest BCUT2D eigenvalue weighted by Crippen LogP contribution is -2.34. The maximum atomic E-state index is 14.8. The number of aliphatic carboxylic acids is 1. The first-order valence-electron chi connectivity index (χ1n) is 12.2. The molecule has 7 nitrogen and oxygen atoms in total. The largest absolute Gasteiger partial charge is 0.528 e. The predicted octanol–water partition coefficient (Wildman–Crippen LogP) is 5.78. The fourth-order valence-corrected chi connectivity index (χ4v) is 4.24. The van der Waals surface area contributed by atoms with Gasteiger partial charge in [-0.2, -0.15) is 0 Å². The van der Waals surface area contributed by atoms with Gasteiger partial charge in [0.2, 0.25) is 0 Å². The van der Waals surface area contributed by atoms with E-state index in [9.17, 15) is 19.1 Å². The van der Waals surface area contributed by atoms with Crippen LogP contribution in [0.5, 0.6) is 5.75 Å². The highest BCUT2D eigenvalue weighted by Gasteiger charge is 2.27. The summed E-state index contributed by atoms with van der Waals surface area (Å²) in [5.74, 6) is -0.427. The molecule has 0 aromatic heterocycles. The Bertz CT molecular complexity index is 1260. The number of hydrogen-bond acceptors (Lipinski definition) is 6. The molecule has 0 bridgehead atoms. The summed E-state index contributed by atoms with van der Waals surface area (Å²) < 4.78 is 26.1. The molecule has 0 fully saturated rings. The van der Waals surface area contributed by atoms with Gasteiger partial charge in [0.1, 0.15) is 18.2 Å². The molecule has 8 heteroatoms. The van der Waals surface area contributed by atoms with Crippen LogP contribution in [0, 0.1) is 11.7 Å². The van der Waals surface area contributed by atoms with Gasteiger partial charge in [-0.15, -0.1) is 5.06 Å². The molecule has 3 aromatic carbocycles. The molecule has 1 heterocycles. The van der Waals surface area contributed by atoms with Crippen molar-refractivity contribution in [2.45, 2.75) is 39.8 Å². The van der Waals surface area contributed by atoms with E-state index in [1.165, 1.54) is 11.1 Å². The Hall–Kier alpha value is -3.91. The van der Waals surface area contributed by atoms with E-state index in [0.717, 1.165) is 5.56 Å². The highest BCUT2D eigenvalue weighted by molar-refractivity contribution is 5.77. The fraction of sp³-hybridized carbons (Fsp3) is 0.310. The number of halogens is 1. The summed E-state index contributed by atoms with van der Waals surface area (Å²) in [5, 5.41) is 10.7. The first-order chi connectivity index (χ1) is 17.8. The summed E-state index contributed by atoms with van der Waals surface area (Å²) in [6, 6.07) is 17.6. The number of rotatable bonds is 9. The summed E-state index contributed by atoms with van der Waals surface area (Å²) in [5.41, 5.74) is 4.00. The summed E-state index contributed by atoms with van der Waals surface area (Å²) in [7, 11) is 0. The number of carbonyl (C=O) groups excluding carboxylic acids is 1. The van der Waals surface area contributed by atoms with Crippen molar-refractivity contribution in [3.63, 3.8) is 0 Å². The Morgan fingerprint density at radius 2 is 1.78 bits per heavy atom. The van der Waals surface area contributed by atoms with Gasteiger partial charge in [-0.3, -0.25) is 4.79 Å². The van der Waals surface area contributed by atoms with Crippen molar-refractivity contribution in [2.24, 2.45) is 5.92 Å². The third-order valence-electron chi connectivity index (χ3n) is 5.98. The number of ether oxygens (including phenoxy) is 2. The van der Waals surface area contributed by atoms with E-state index in [0.29, 0.717) is 53.1 Å². The van der Waals surface area contributed by atoms with Gasteiger partial charge in [-0.1, -0.05) is 56.3 Å². The second-order valence-corrected chi connectivity index (χ2v) is 9.39. The van der Waals surface area contributed by atoms with Gasteiger partial charge in [0.05, 0.1) is 19.6 Å². The van der Waals surface area contributed by atoms with Gasteiger partial charge in [0, 0.05) is 12.1 Å². The molecule has 1 aliphatic heterocycles. The summed E-state index contributed by atoms with van der Waals surface area (Å²) in [6.07, 6.45) is -0.656. The lowest BCUT2D eigenvalue weighted by atomic mass is 9.90. The van der Waals surface area contributed by atoms with Gasteiger partial charge in [0.25, 0.3) is 0 Å². The molecule has 0 saturated carbocycles. The van der Waals surface area contributed by atoms with Crippen molar-refractivity contribution in [1.82, 2.24) is 5.06 Å². The Morgan fingerprint density at radius 1 is 1.00 bits per heavy atom. The number of fused-ring (bicyclic) bond motifs is 1. The van der Waals surface area contributed by atoms with Crippen LogP contribution in [0.4, 0.5) is 9.18 Å². The Morgan fingerprint density at radius 3 is 2.51 bits per heavy atom. The van der Waals surface area contributed by atoms with Crippen LogP contribution in [-0.4, -0.2) is 35.4 Å². The Labute approximate surface area is 215 Å². The van der Waals surface area contributed by atoms with Crippen molar-refractivity contribution in [2.75, 3.05) is 13.2 Å². The molecule has 37 heavy (non-hydrogen) atoms. The first-order valence-corrected chi connectivity index (χ1v) is 12.2. The van der Waals surface area contributed by atoms with E-state index in [1.54, 1.807) is 24.3 Å². The zero-order valence-electron chi connectivity index (χ0n) is 20.9. The monoisotopic (exact) mass is 507 g/mol. The van der Waals surface area contributed by atoms with Gasteiger partial charge >= 0.3 is 12.1 Å². The fourth-order valence-electron chi connectivity index (χ4n) is 4.24. The molecule has 3 aromatic rings. The van der Waals surface area contributed by atoms with Gasteiger partial charge < -0.3 is 19.4 Å².